The van der Waals surface area contributed by atoms with Gasteiger partial charge in [-0.25, -0.2) is 5.90 Å². The second-order valence-electron chi connectivity index (χ2n) is 3.25. The molecule has 0 fully saturated rings. The molecule has 3 nitrogen and oxygen atoms in total. The smallest absolute Gasteiger partial charge is 0.420 e. The van der Waals surface area contributed by atoms with Crippen LogP contribution < -0.4 is 5.90 Å². The first-order valence-electron chi connectivity index (χ1n) is 4.42. The lowest BCUT2D eigenvalue weighted by molar-refractivity contribution is -0.136. The predicted molar refractivity (Wildman–Crippen MR) is 50.2 cm³/mol. The Hall–Kier alpha value is -1.53. The molecule has 0 radical (unpaired) electrons. The van der Waals surface area contributed by atoms with Crippen LogP contribution >= 0.6 is 0 Å². The lowest BCUT2D eigenvalue weighted by Gasteiger charge is -2.06. The molecular weight excluding hydrogens is 223 g/mol. The van der Waals surface area contributed by atoms with Gasteiger partial charge in [-0.2, -0.15) is 13.2 Å². The van der Waals surface area contributed by atoms with E-state index in [0.29, 0.717) is 10.9 Å². The lowest BCUT2D eigenvalue weighted by Crippen LogP contribution is -2.05. The van der Waals surface area contributed by atoms with Gasteiger partial charge in [0.1, 0.15) is 5.58 Å². The van der Waals surface area contributed by atoms with Gasteiger partial charge in [-0.1, -0.05) is 12.1 Å². The Bertz CT molecular complexity index is 504. The van der Waals surface area contributed by atoms with E-state index in [2.05, 4.69) is 4.84 Å². The van der Waals surface area contributed by atoms with Gasteiger partial charge in [0.15, 0.2) is 0 Å². The van der Waals surface area contributed by atoms with Crippen LogP contribution in [-0.2, 0) is 17.6 Å². The van der Waals surface area contributed by atoms with Crippen LogP contribution in [-0.4, -0.2) is 0 Å². The SMILES string of the molecule is NOCc1coc2c(C(F)(F)F)cccc12. The van der Waals surface area contributed by atoms with Gasteiger partial charge in [-0.05, 0) is 6.07 Å². The molecule has 0 saturated carbocycles. The Balaban J connectivity index is 2.62. The van der Waals surface area contributed by atoms with E-state index >= 15 is 0 Å². The molecule has 0 aliphatic heterocycles. The molecule has 0 unspecified atom stereocenters. The maximum absolute atomic E-state index is 12.6. The fourth-order valence-electron chi connectivity index (χ4n) is 1.54. The fraction of sp³-hybridized carbons (Fsp3) is 0.200. The summed E-state index contributed by atoms with van der Waals surface area (Å²) in [6.07, 6.45) is -3.22. The van der Waals surface area contributed by atoms with Crippen molar-refractivity contribution in [2.24, 2.45) is 5.90 Å². The van der Waals surface area contributed by atoms with E-state index < -0.39 is 11.7 Å². The summed E-state index contributed by atoms with van der Waals surface area (Å²) in [6, 6.07) is 3.82. The molecule has 0 amide bonds. The molecule has 16 heavy (non-hydrogen) atoms. The second-order valence-corrected chi connectivity index (χ2v) is 3.25. The van der Waals surface area contributed by atoms with Gasteiger partial charge in [0, 0.05) is 10.9 Å². The van der Waals surface area contributed by atoms with Crippen molar-refractivity contribution in [3.8, 4) is 0 Å². The molecule has 0 atom stereocenters. The summed E-state index contributed by atoms with van der Waals surface area (Å²) >= 11 is 0. The van der Waals surface area contributed by atoms with E-state index in [9.17, 15) is 13.2 Å². The van der Waals surface area contributed by atoms with Crippen LogP contribution in [0, 0.1) is 0 Å². The van der Waals surface area contributed by atoms with Crippen molar-refractivity contribution in [2.45, 2.75) is 12.8 Å². The van der Waals surface area contributed by atoms with Crippen molar-refractivity contribution in [1.82, 2.24) is 0 Å². The molecule has 2 N–H and O–H groups in total. The third-order valence-corrected chi connectivity index (χ3v) is 2.22. The maximum Gasteiger partial charge on any atom is 0.420 e. The molecule has 0 bridgehead atoms. The zero-order chi connectivity index (χ0) is 11.8. The number of para-hydroxylation sites is 1. The third kappa shape index (κ3) is 1.77. The Morgan fingerprint density at radius 3 is 2.69 bits per heavy atom. The second kappa shape index (κ2) is 3.80. The summed E-state index contributed by atoms with van der Waals surface area (Å²) in [5.41, 5.74) is -0.501. The van der Waals surface area contributed by atoms with E-state index in [-0.39, 0.29) is 12.2 Å². The van der Waals surface area contributed by atoms with Gasteiger partial charge in [0.05, 0.1) is 18.4 Å². The number of rotatable bonds is 2. The van der Waals surface area contributed by atoms with Crippen LogP contribution in [0.15, 0.2) is 28.9 Å². The van der Waals surface area contributed by atoms with Gasteiger partial charge in [0.2, 0.25) is 0 Å². The number of fused-ring (bicyclic) bond motifs is 1. The first kappa shape index (κ1) is 11.0. The fourth-order valence-corrected chi connectivity index (χ4v) is 1.54. The van der Waals surface area contributed by atoms with Crippen LogP contribution in [0.4, 0.5) is 13.2 Å². The normalized spacial score (nSPS) is 12.2. The zero-order valence-corrected chi connectivity index (χ0v) is 8.04. The molecule has 0 spiro atoms. The van der Waals surface area contributed by atoms with Gasteiger partial charge in [-0.3, -0.25) is 4.84 Å². The Morgan fingerprint density at radius 2 is 2.06 bits per heavy atom. The van der Waals surface area contributed by atoms with Crippen molar-refractivity contribution >= 4 is 11.0 Å². The molecular formula is C10H8F3NO2. The molecule has 2 rings (SSSR count). The largest absolute Gasteiger partial charge is 0.463 e. The van der Waals surface area contributed by atoms with Gasteiger partial charge in [-0.15, -0.1) is 0 Å². The molecule has 0 saturated heterocycles. The molecule has 2 aromatic rings. The van der Waals surface area contributed by atoms with Crippen molar-refractivity contribution < 1.29 is 22.4 Å². The average Bonchev–Trinajstić information content (AvgIpc) is 2.61. The van der Waals surface area contributed by atoms with Crippen molar-refractivity contribution in [2.75, 3.05) is 0 Å². The van der Waals surface area contributed by atoms with Crippen LogP contribution in [0.1, 0.15) is 11.1 Å². The summed E-state index contributed by atoms with van der Waals surface area (Å²) in [4.78, 5) is 4.38. The number of benzene rings is 1. The number of nitrogens with two attached hydrogens (primary N) is 1. The number of halogens is 3. The van der Waals surface area contributed by atoms with Crippen molar-refractivity contribution in [3.05, 3.63) is 35.6 Å². The van der Waals surface area contributed by atoms with E-state index in [0.717, 1.165) is 6.07 Å². The van der Waals surface area contributed by atoms with Crippen LogP contribution in [0.2, 0.25) is 0 Å². The zero-order valence-electron chi connectivity index (χ0n) is 8.04. The number of furan rings is 1. The Kier molecular flexibility index (Phi) is 2.61. The van der Waals surface area contributed by atoms with E-state index in [1.807, 2.05) is 0 Å². The summed E-state index contributed by atoms with van der Waals surface area (Å²) in [7, 11) is 0. The highest BCUT2D eigenvalue weighted by atomic mass is 19.4. The molecule has 0 aliphatic carbocycles. The summed E-state index contributed by atoms with van der Waals surface area (Å²) in [6.45, 7) is 0.00824. The number of alkyl halides is 3. The molecule has 6 heteroatoms. The van der Waals surface area contributed by atoms with E-state index in [4.69, 9.17) is 10.3 Å². The van der Waals surface area contributed by atoms with Crippen LogP contribution in [0.3, 0.4) is 0 Å². The molecule has 0 aliphatic rings. The van der Waals surface area contributed by atoms with Gasteiger partial charge < -0.3 is 4.42 Å². The number of hydrogen-bond acceptors (Lipinski definition) is 3. The monoisotopic (exact) mass is 231 g/mol. The molecule has 1 aromatic heterocycles. The van der Waals surface area contributed by atoms with Crippen LogP contribution in [0.5, 0.6) is 0 Å². The average molecular weight is 231 g/mol. The molecule has 86 valence electrons. The van der Waals surface area contributed by atoms with Crippen molar-refractivity contribution in [1.29, 1.82) is 0 Å². The minimum Gasteiger partial charge on any atom is -0.463 e. The third-order valence-electron chi connectivity index (χ3n) is 2.22. The molecule has 1 aromatic carbocycles. The summed E-state index contributed by atoms with van der Waals surface area (Å²) < 4.78 is 42.7. The minimum absolute atomic E-state index is 0.00824. The minimum atomic E-state index is -4.43. The standard InChI is InChI=1S/C10H8F3NO2/c11-10(12,13)8-3-1-2-7-6(5-16-14)4-15-9(7)8/h1-4H,5,14H2. The quantitative estimate of drug-likeness (QED) is 0.808. The van der Waals surface area contributed by atoms with Gasteiger partial charge in [0.25, 0.3) is 0 Å². The van der Waals surface area contributed by atoms with Crippen LogP contribution in [0.25, 0.3) is 11.0 Å². The Morgan fingerprint density at radius 1 is 1.31 bits per heavy atom. The highest BCUT2D eigenvalue weighted by Crippen LogP contribution is 2.36. The Labute approximate surface area is 88.5 Å². The lowest BCUT2D eigenvalue weighted by atomic mass is 10.1. The van der Waals surface area contributed by atoms with Gasteiger partial charge >= 0.3 is 6.18 Å². The highest BCUT2D eigenvalue weighted by Gasteiger charge is 2.34. The van der Waals surface area contributed by atoms with E-state index in [1.54, 1.807) is 0 Å². The maximum atomic E-state index is 12.6. The topological polar surface area (TPSA) is 48.4 Å². The first-order valence-corrected chi connectivity index (χ1v) is 4.42. The molecule has 1 heterocycles. The summed E-state index contributed by atoms with van der Waals surface area (Å²) in [5.74, 6) is 4.87. The summed E-state index contributed by atoms with van der Waals surface area (Å²) in [5, 5.41) is 0.361. The van der Waals surface area contributed by atoms with Crippen molar-refractivity contribution in [3.63, 3.8) is 0 Å². The van der Waals surface area contributed by atoms with E-state index in [1.165, 1.54) is 18.4 Å². The predicted octanol–water partition coefficient (Wildman–Crippen LogP) is 2.84. The highest BCUT2D eigenvalue weighted by molar-refractivity contribution is 5.84. The number of hydrogen-bond donors (Lipinski definition) is 1. The first-order chi connectivity index (χ1) is 7.54.